The van der Waals surface area contributed by atoms with E-state index in [9.17, 15) is 0 Å². The SMILES string of the molecule is CC(C)(C)c1cc2c3c(c1)-n1c4ccc(C(C)(C)C)cc4c4c1c(cc1c5cc(C(C)(C)C)ccc5n(-c5ccccc5)c14)B3N1c3c-2cc2c(oc4ccccc42)c3C2(C)CCCCC12C. The van der Waals surface area contributed by atoms with Gasteiger partial charge in [0.15, 0.2) is 0 Å². The average Bonchev–Trinajstić information content (AvgIpc) is 3.99. The molecule has 2 atom stereocenters. The summed E-state index contributed by atoms with van der Waals surface area (Å²) in [5.41, 5.74) is 21.9. The second-order valence-electron chi connectivity index (χ2n) is 24.5. The minimum atomic E-state index is -0.162. The molecule has 6 heterocycles. The molecule has 4 aliphatic rings. The van der Waals surface area contributed by atoms with Gasteiger partial charge in [-0.2, -0.15) is 0 Å². The lowest BCUT2D eigenvalue weighted by atomic mass is 9.42. The monoisotopic (exact) mass is 873 g/mol. The molecule has 0 spiro atoms. The van der Waals surface area contributed by atoms with Gasteiger partial charge in [0.2, 0.25) is 0 Å². The summed E-state index contributed by atoms with van der Waals surface area (Å²) < 4.78 is 12.5. The number of nitrogens with zero attached hydrogens (tertiary/aromatic N) is 3. The van der Waals surface area contributed by atoms with E-state index in [1.807, 2.05) is 0 Å². The second kappa shape index (κ2) is 12.5. The first-order chi connectivity index (χ1) is 31.9. The second-order valence-corrected chi connectivity index (χ2v) is 24.5. The van der Waals surface area contributed by atoms with Crippen LogP contribution in [0.3, 0.4) is 0 Å². The van der Waals surface area contributed by atoms with Gasteiger partial charge in [-0.15, -0.1) is 0 Å². The number of para-hydroxylation sites is 2. The van der Waals surface area contributed by atoms with Crippen LogP contribution in [0.5, 0.6) is 0 Å². The standard InChI is InChI=1S/C62H60BN3O/c1-58(2,3)35-23-25-47-40(29-35)43-34-46-56-51(54(43)64(47)38-19-13-12-14-20-38)45-30-36(59(4,5)6)24-26-48(45)65(56)49-32-37(60(7,8)9)31-41-42-33-44-39-21-15-16-22-50(39)67-57(44)52-55(42)66(63(46)53(41)49)62(11)28-18-17-27-61(52,62)10/h12-16,19-26,29-34H,17-18,27-28H2,1-11H3. The van der Waals surface area contributed by atoms with Gasteiger partial charge in [-0.25, -0.2) is 0 Å². The van der Waals surface area contributed by atoms with Crippen molar-refractivity contribution in [3.05, 3.63) is 138 Å². The highest BCUT2D eigenvalue weighted by Gasteiger charge is 2.64. The summed E-state index contributed by atoms with van der Waals surface area (Å²) in [6.45, 7) is 26.5. The third-order valence-corrected chi connectivity index (χ3v) is 17.7. The number of hydrogen-bond acceptors (Lipinski definition) is 2. The fourth-order valence-electron chi connectivity index (χ4n) is 13.9. The number of furan rings is 1. The molecule has 0 bridgehead atoms. The van der Waals surface area contributed by atoms with Crippen LogP contribution >= 0.6 is 0 Å². The molecule has 14 rings (SSSR count). The molecule has 0 radical (unpaired) electrons. The normalized spacial score (nSPS) is 20.0. The quantitative estimate of drug-likeness (QED) is 0.154. The van der Waals surface area contributed by atoms with Gasteiger partial charge in [-0.05, 0) is 124 Å². The predicted octanol–water partition coefficient (Wildman–Crippen LogP) is 15.2. The van der Waals surface area contributed by atoms with Gasteiger partial charge in [-0.3, -0.25) is 0 Å². The third kappa shape index (κ3) is 4.86. The van der Waals surface area contributed by atoms with Crippen molar-refractivity contribution in [1.82, 2.24) is 9.13 Å². The van der Waals surface area contributed by atoms with Crippen molar-refractivity contribution >= 4 is 89.0 Å². The lowest BCUT2D eigenvalue weighted by Crippen LogP contribution is -2.70. The van der Waals surface area contributed by atoms with Gasteiger partial charge >= 0.3 is 6.85 Å². The molecule has 10 aromatic rings. The number of rotatable bonds is 1. The molecule has 5 heteroatoms. The summed E-state index contributed by atoms with van der Waals surface area (Å²) in [6, 6.07) is 45.0. The molecular weight excluding hydrogens is 814 g/mol. The summed E-state index contributed by atoms with van der Waals surface area (Å²) in [7, 11) is 0. The summed E-state index contributed by atoms with van der Waals surface area (Å²) in [4.78, 5) is 2.99. The lowest BCUT2D eigenvalue weighted by Gasteiger charge is -2.54. The van der Waals surface area contributed by atoms with Crippen LogP contribution in [-0.4, -0.2) is 21.5 Å². The Kier molecular flexibility index (Phi) is 7.43. The molecule has 7 aromatic carbocycles. The van der Waals surface area contributed by atoms with Crippen LogP contribution in [0.2, 0.25) is 0 Å². The molecule has 1 aliphatic carbocycles. The first-order valence-corrected chi connectivity index (χ1v) is 25.0. The van der Waals surface area contributed by atoms with Crippen molar-refractivity contribution in [1.29, 1.82) is 0 Å². The van der Waals surface area contributed by atoms with Crippen molar-refractivity contribution in [2.45, 2.75) is 129 Å². The Hall–Kier alpha value is -6.20. The number of aromatic nitrogens is 2. The van der Waals surface area contributed by atoms with Crippen molar-refractivity contribution in [2.24, 2.45) is 0 Å². The largest absolute Gasteiger partial charge is 0.456 e. The Bertz CT molecular complexity index is 3860. The molecule has 67 heavy (non-hydrogen) atoms. The van der Waals surface area contributed by atoms with Gasteiger partial charge in [0.05, 0.1) is 22.1 Å². The maximum Gasteiger partial charge on any atom is 0.328 e. The van der Waals surface area contributed by atoms with Crippen molar-refractivity contribution in [3.63, 3.8) is 0 Å². The maximum absolute atomic E-state index is 7.15. The van der Waals surface area contributed by atoms with E-state index in [0.29, 0.717) is 0 Å². The number of anilines is 1. The zero-order chi connectivity index (χ0) is 46.1. The van der Waals surface area contributed by atoms with Crippen molar-refractivity contribution in [3.8, 4) is 22.5 Å². The highest BCUT2D eigenvalue weighted by molar-refractivity contribution is 6.93. The average molecular weight is 874 g/mol. The summed E-state index contributed by atoms with van der Waals surface area (Å²) in [6.07, 6.45) is 4.70. The minimum Gasteiger partial charge on any atom is -0.456 e. The Labute approximate surface area is 394 Å². The van der Waals surface area contributed by atoms with Crippen molar-refractivity contribution in [2.75, 3.05) is 4.81 Å². The van der Waals surface area contributed by atoms with E-state index in [1.54, 1.807) is 0 Å². The summed E-state index contributed by atoms with van der Waals surface area (Å²) >= 11 is 0. The Morgan fingerprint density at radius 3 is 1.93 bits per heavy atom. The highest BCUT2D eigenvalue weighted by atomic mass is 16.3. The molecule has 332 valence electrons. The molecule has 1 fully saturated rings. The molecular formula is C62H60BN3O. The Morgan fingerprint density at radius 1 is 0.552 bits per heavy atom. The number of benzene rings is 7. The zero-order valence-corrected chi connectivity index (χ0v) is 41.1. The molecule has 0 amide bonds. The van der Waals surface area contributed by atoms with Crippen LogP contribution in [0.1, 0.15) is 124 Å². The lowest BCUT2D eigenvalue weighted by molar-refractivity contribution is 0.199. The van der Waals surface area contributed by atoms with Gasteiger partial charge < -0.3 is 18.4 Å². The number of fused-ring (bicyclic) bond motifs is 18. The molecule has 0 saturated heterocycles. The molecule has 3 aliphatic heterocycles. The smallest absolute Gasteiger partial charge is 0.328 e. The van der Waals surface area contributed by atoms with Crippen LogP contribution < -0.4 is 15.7 Å². The van der Waals surface area contributed by atoms with Crippen LogP contribution in [-0.2, 0) is 21.7 Å². The topological polar surface area (TPSA) is 26.2 Å². The first kappa shape index (κ1) is 39.9. The molecule has 1 saturated carbocycles. The van der Waals surface area contributed by atoms with Crippen LogP contribution in [0.15, 0.2) is 120 Å². The van der Waals surface area contributed by atoms with Gasteiger partial charge in [-0.1, -0.05) is 143 Å². The van der Waals surface area contributed by atoms with E-state index in [0.717, 1.165) is 24.0 Å². The van der Waals surface area contributed by atoms with Crippen molar-refractivity contribution < 1.29 is 4.42 Å². The zero-order valence-electron chi connectivity index (χ0n) is 41.1. The van der Waals surface area contributed by atoms with E-state index < -0.39 is 0 Å². The van der Waals surface area contributed by atoms with Gasteiger partial charge in [0, 0.05) is 71.5 Å². The van der Waals surface area contributed by atoms with E-state index >= 15 is 0 Å². The van der Waals surface area contributed by atoms with Crippen LogP contribution in [0.4, 0.5) is 5.69 Å². The third-order valence-electron chi connectivity index (χ3n) is 17.7. The first-order valence-electron chi connectivity index (χ1n) is 25.0. The van der Waals surface area contributed by atoms with E-state index in [-0.39, 0.29) is 34.0 Å². The van der Waals surface area contributed by atoms with Gasteiger partial charge in [0.1, 0.15) is 11.2 Å². The maximum atomic E-state index is 7.15. The minimum absolute atomic E-state index is 0.00891. The molecule has 3 aromatic heterocycles. The fraction of sp³-hybridized carbons (Fsp3) is 0.323. The summed E-state index contributed by atoms with van der Waals surface area (Å²) in [5, 5.41) is 7.80. The van der Waals surface area contributed by atoms with Crippen LogP contribution in [0, 0.1) is 0 Å². The van der Waals surface area contributed by atoms with E-state index in [4.69, 9.17) is 4.42 Å². The predicted molar refractivity (Wildman–Crippen MR) is 286 cm³/mol. The molecule has 4 nitrogen and oxygen atoms in total. The van der Waals surface area contributed by atoms with E-state index in [1.165, 1.54) is 129 Å². The van der Waals surface area contributed by atoms with Crippen LogP contribution in [0.25, 0.3) is 88.1 Å². The van der Waals surface area contributed by atoms with E-state index in [2.05, 4.69) is 205 Å². The fourth-order valence-corrected chi connectivity index (χ4v) is 13.9. The Balaban J connectivity index is 1.24. The molecule has 0 N–H and O–H groups in total. The Morgan fingerprint density at radius 2 is 1.21 bits per heavy atom. The van der Waals surface area contributed by atoms with Gasteiger partial charge in [0.25, 0.3) is 0 Å². The summed E-state index contributed by atoms with van der Waals surface area (Å²) in [5.74, 6) is 0. The highest BCUT2D eigenvalue weighted by Crippen LogP contribution is 2.65. The molecule has 2 unspecified atom stereocenters. The number of hydrogen-bond donors (Lipinski definition) is 0.